The minimum absolute atomic E-state index is 0.0879. The smallest absolute Gasteiger partial charge is 0.260 e. The zero-order chi connectivity index (χ0) is 16.9. The Kier molecular flexibility index (Phi) is 5.16. The fourth-order valence-corrected chi connectivity index (χ4v) is 3.56. The van der Waals surface area contributed by atoms with Gasteiger partial charge in [-0.05, 0) is 54.8 Å². The van der Waals surface area contributed by atoms with Gasteiger partial charge in [-0.1, -0.05) is 35.9 Å². The van der Waals surface area contributed by atoms with Gasteiger partial charge in [0.05, 0.1) is 0 Å². The predicted octanol–water partition coefficient (Wildman–Crippen LogP) is 4.34. The lowest BCUT2D eigenvalue weighted by atomic mass is 10.1. The number of ether oxygens (including phenoxy) is 1. The number of amides is 1. The summed E-state index contributed by atoms with van der Waals surface area (Å²) < 4.78 is 6.97. The Hall–Kier alpha value is -2.33. The molecule has 24 heavy (non-hydrogen) atoms. The molecule has 0 bridgehead atoms. The van der Waals surface area contributed by atoms with Crippen LogP contribution in [0.2, 0.25) is 0 Å². The standard InChI is InChI=1S/C20H21NO2S/c1-14-7-9-17(10-8-14)23-15(2)20(22)21-12-11-16-13-24-19-6-4-3-5-18(16)19/h3-10,13,15H,11-12H2,1-2H3,(H,21,22). The highest BCUT2D eigenvalue weighted by Crippen LogP contribution is 2.25. The van der Waals surface area contributed by atoms with Gasteiger partial charge in [0.25, 0.3) is 5.91 Å². The van der Waals surface area contributed by atoms with Gasteiger partial charge in [-0.3, -0.25) is 4.79 Å². The maximum absolute atomic E-state index is 12.2. The molecule has 2 aromatic carbocycles. The van der Waals surface area contributed by atoms with E-state index in [1.54, 1.807) is 18.3 Å². The Balaban J connectivity index is 1.50. The van der Waals surface area contributed by atoms with Crippen molar-refractivity contribution in [3.63, 3.8) is 0 Å². The topological polar surface area (TPSA) is 38.3 Å². The van der Waals surface area contributed by atoms with Gasteiger partial charge < -0.3 is 10.1 Å². The van der Waals surface area contributed by atoms with Crippen LogP contribution in [0.15, 0.2) is 53.9 Å². The summed E-state index contributed by atoms with van der Waals surface area (Å²) in [4.78, 5) is 12.2. The van der Waals surface area contributed by atoms with Crippen molar-refractivity contribution in [3.8, 4) is 5.75 Å². The van der Waals surface area contributed by atoms with Crippen LogP contribution in [0.4, 0.5) is 0 Å². The van der Waals surface area contributed by atoms with Gasteiger partial charge in [0.15, 0.2) is 6.10 Å². The first kappa shape index (κ1) is 16.5. The minimum atomic E-state index is -0.507. The minimum Gasteiger partial charge on any atom is -0.481 e. The fraction of sp³-hybridized carbons (Fsp3) is 0.250. The van der Waals surface area contributed by atoms with Gasteiger partial charge in [0.2, 0.25) is 0 Å². The first-order chi connectivity index (χ1) is 11.6. The molecule has 0 saturated carbocycles. The lowest BCUT2D eigenvalue weighted by Gasteiger charge is -2.14. The monoisotopic (exact) mass is 339 g/mol. The van der Waals surface area contributed by atoms with Gasteiger partial charge in [-0.15, -0.1) is 11.3 Å². The van der Waals surface area contributed by atoms with Crippen molar-refractivity contribution < 1.29 is 9.53 Å². The molecule has 0 radical (unpaired) electrons. The third-order valence-electron chi connectivity index (χ3n) is 3.96. The number of aryl methyl sites for hydroxylation is 1. The Morgan fingerprint density at radius 2 is 1.92 bits per heavy atom. The van der Waals surface area contributed by atoms with Crippen LogP contribution >= 0.6 is 11.3 Å². The molecule has 1 amide bonds. The molecule has 0 spiro atoms. The van der Waals surface area contributed by atoms with Crippen LogP contribution in [0.1, 0.15) is 18.1 Å². The molecule has 3 rings (SSSR count). The molecule has 1 N–H and O–H groups in total. The third-order valence-corrected chi connectivity index (χ3v) is 4.97. The number of fused-ring (bicyclic) bond motifs is 1. The molecule has 4 heteroatoms. The average Bonchev–Trinajstić information content (AvgIpc) is 3.00. The molecule has 1 atom stereocenters. The number of thiophene rings is 1. The van der Waals surface area contributed by atoms with E-state index in [1.165, 1.54) is 21.2 Å². The number of benzene rings is 2. The summed E-state index contributed by atoms with van der Waals surface area (Å²) in [5.74, 6) is 0.627. The van der Waals surface area contributed by atoms with E-state index in [2.05, 4.69) is 35.0 Å². The molecule has 0 aliphatic carbocycles. The second-order valence-corrected chi connectivity index (χ2v) is 6.78. The van der Waals surface area contributed by atoms with E-state index in [1.807, 2.05) is 31.2 Å². The second kappa shape index (κ2) is 7.49. The van der Waals surface area contributed by atoms with E-state index >= 15 is 0 Å². The quantitative estimate of drug-likeness (QED) is 0.726. The van der Waals surface area contributed by atoms with Gasteiger partial charge >= 0.3 is 0 Å². The van der Waals surface area contributed by atoms with Crippen LogP contribution in [0, 0.1) is 6.92 Å². The van der Waals surface area contributed by atoms with Crippen LogP contribution in [-0.4, -0.2) is 18.6 Å². The zero-order valence-electron chi connectivity index (χ0n) is 13.9. The molecular formula is C20H21NO2S. The number of hydrogen-bond donors (Lipinski definition) is 1. The van der Waals surface area contributed by atoms with Gasteiger partial charge in [-0.2, -0.15) is 0 Å². The number of carbonyl (C=O) groups excluding carboxylic acids is 1. The highest BCUT2D eigenvalue weighted by atomic mass is 32.1. The van der Waals surface area contributed by atoms with Crippen LogP contribution in [0.25, 0.3) is 10.1 Å². The summed E-state index contributed by atoms with van der Waals surface area (Å²) in [6, 6.07) is 16.1. The molecule has 0 aliphatic heterocycles. The molecular weight excluding hydrogens is 318 g/mol. The SMILES string of the molecule is Cc1ccc(OC(C)C(=O)NCCc2csc3ccccc23)cc1. The summed E-state index contributed by atoms with van der Waals surface area (Å²) in [5, 5.41) is 6.41. The van der Waals surface area contributed by atoms with Crippen molar-refractivity contribution in [2.24, 2.45) is 0 Å². The van der Waals surface area contributed by atoms with Crippen LogP contribution in [-0.2, 0) is 11.2 Å². The lowest BCUT2D eigenvalue weighted by Crippen LogP contribution is -2.37. The van der Waals surface area contributed by atoms with Crippen molar-refractivity contribution in [2.75, 3.05) is 6.54 Å². The van der Waals surface area contributed by atoms with Crippen LogP contribution < -0.4 is 10.1 Å². The highest BCUT2D eigenvalue weighted by molar-refractivity contribution is 7.17. The highest BCUT2D eigenvalue weighted by Gasteiger charge is 2.14. The summed E-state index contributed by atoms with van der Waals surface area (Å²) in [5.41, 5.74) is 2.45. The van der Waals surface area contributed by atoms with Gasteiger partial charge in [0, 0.05) is 11.2 Å². The molecule has 1 heterocycles. The molecule has 124 valence electrons. The lowest BCUT2D eigenvalue weighted by molar-refractivity contribution is -0.127. The molecule has 1 aromatic heterocycles. The van der Waals surface area contributed by atoms with Crippen molar-refractivity contribution >= 4 is 27.3 Å². The zero-order valence-corrected chi connectivity index (χ0v) is 14.7. The Labute approximate surface area is 146 Å². The van der Waals surface area contributed by atoms with Crippen molar-refractivity contribution in [1.82, 2.24) is 5.32 Å². The number of hydrogen-bond acceptors (Lipinski definition) is 3. The fourth-order valence-electron chi connectivity index (χ4n) is 2.56. The third kappa shape index (κ3) is 3.95. The van der Waals surface area contributed by atoms with Crippen molar-refractivity contribution in [3.05, 3.63) is 65.0 Å². The van der Waals surface area contributed by atoms with Crippen LogP contribution in [0.5, 0.6) is 5.75 Å². The summed E-state index contributed by atoms with van der Waals surface area (Å²) >= 11 is 1.74. The molecule has 1 unspecified atom stereocenters. The van der Waals surface area contributed by atoms with Crippen molar-refractivity contribution in [1.29, 1.82) is 0 Å². The second-order valence-electron chi connectivity index (χ2n) is 5.87. The molecule has 0 aliphatic rings. The first-order valence-electron chi connectivity index (χ1n) is 8.09. The van der Waals surface area contributed by atoms with E-state index in [0.717, 1.165) is 6.42 Å². The number of carbonyl (C=O) groups is 1. The largest absolute Gasteiger partial charge is 0.481 e. The summed E-state index contributed by atoms with van der Waals surface area (Å²) in [7, 11) is 0. The number of rotatable bonds is 6. The van der Waals surface area contributed by atoms with E-state index < -0.39 is 6.10 Å². The predicted molar refractivity (Wildman–Crippen MR) is 99.8 cm³/mol. The van der Waals surface area contributed by atoms with Gasteiger partial charge in [0.1, 0.15) is 5.75 Å². The maximum Gasteiger partial charge on any atom is 0.260 e. The average molecular weight is 339 g/mol. The Morgan fingerprint density at radius 1 is 1.17 bits per heavy atom. The van der Waals surface area contributed by atoms with Crippen molar-refractivity contribution in [2.45, 2.75) is 26.4 Å². The number of nitrogens with one attached hydrogen (secondary N) is 1. The molecule has 3 nitrogen and oxygen atoms in total. The van der Waals surface area contributed by atoms with E-state index in [4.69, 9.17) is 4.74 Å². The molecule has 0 fully saturated rings. The maximum atomic E-state index is 12.2. The van der Waals surface area contributed by atoms with Crippen LogP contribution in [0.3, 0.4) is 0 Å². The summed E-state index contributed by atoms with van der Waals surface area (Å²) in [6.07, 6.45) is 0.319. The molecule has 3 aromatic rings. The Bertz CT molecular complexity index is 823. The van der Waals surface area contributed by atoms with E-state index in [9.17, 15) is 4.79 Å². The van der Waals surface area contributed by atoms with E-state index in [0.29, 0.717) is 12.3 Å². The first-order valence-corrected chi connectivity index (χ1v) is 8.97. The normalized spacial score (nSPS) is 12.1. The summed E-state index contributed by atoms with van der Waals surface area (Å²) in [6.45, 7) is 4.41. The van der Waals surface area contributed by atoms with Gasteiger partial charge in [-0.25, -0.2) is 0 Å². The van der Waals surface area contributed by atoms with E-state index in [-0.39, 0.29) is 5.91 Å². The molecule has 0 saturated heterocycles. The Morgan fingerprint density at radius 3 is 2.71 bits per heavy atom.